The van der Waals surface area contributed by atoms with Crippen LogP contribution >= 0.6 is 11.3 Å². The monoisotopic (exact) mass is 752 g/mol. The van der Waals surface area contributed by atoms with Crippen LogP contribution < -0.4 is 0 Å². The lowest BCUT2D eigenvalue weighted by molar-refractivity contribution is 0.673. The van der Waals surface area contributed by atoms with Gasteiger partial charge in [-0.3, -0.25) is 0 Å². The first-order valence-corrected chi connectivity index (χ1v) is 20.7. The summed E-state index contributed by atoms with van der Waals surface area (Å²) in [6.07, 6.45) is 0. The van der Waals surface area contributed by atoms with Gasteiger partial charge in [0.2, 0.25) is 0 Å². The minimum atomic E-state index is 0.934. The van der Waals surface area contributed by atoms with Gasteiger partial charge < -0.3 is 4.42 Å². The van der Waals surface area contributed by atoms with E-state index in [2.05, 4.69) is 188 Å². The molecule has 1 nitrogen and oxygen atoms in total. The van der Waals surface area contributed by atoms with Crippen LogP contribution in [0.2, 0.25) is 0 Å². The molecule has 13 aromatic rings. The molecule has 0 fully saturated rings. The van der Waals surface area contributed by atoms with Gasteiger partial charge in [0.15, 0.2) is 0 Å². The first-order valence-electron chi connectivity index (χ1n) is 19.9. The molecule has 0 bridgehead atoms. The highest BCUT2D eigenvalue weighted by Gasteiger charge is 2.20. The van der Waals surface area contributed by atoms with E-state index in [-0.39, 0.29) is 0 Å². The first kappa shape index (κ1) is 31.9. The molecule has 13 rings (SSSR count). The number of thiophene rings is 1. The van der Waals surface area contributed by atoms with E-state index in [4.69, 9.17) is 4.42 Å². The highest BCUT2D eigenvalue weighted by molar-refractivity contribution is 7.26. The Morgan fingerprint density at radius 2 is 0.810 bits per heavy atom. The Kier molecular flexibility index (Phi) is 6.66. The molecule has 0 amide bonds. The molecule has 0 radical (unpaired) electrons. The Balaban J connectivity index is 0.981. The van der Waals surface area contributed by atoms with Crippen LogP contribution in [0.4, 0.5) is 0 Å². The SMILES string of the molecule is c1ccc2cc(-c3c4ccccc4c(-c4ccc5cc(-c6cc7sc8ccc9c%10ccccc%10oc9c8c7c7ccccc67)ccc5c4)c4ccccc34)ccc2c1. The van der Waals surface area contributed by atoms with E-state index >= 15 is 0 Å². The number of rotatable bonds is 3. The fourth-order valence-corrected chi connectivity index (χ4v) is 11.0. The maximum absolute atomic E-state index is 6.58. The Labute approximate surface area is 337 Å². The van der Waals surface area contributed by atoms with Gasteiger partial charge in [-0.2, -0.15) is 0 Å². The summed E-state index contributed by atoms with van der Waals surface area (Å²) in [4.78, 5) is 0. The fraction of sp³-hybridized carbons (Fsp3) is 0. The third kappa shape index (κ3) is 4.58. The zero-order valence-corrected chi connectivity index (χ0v) is 32.1. The maximum Gasteiger partial charge on any atom is 0.144 e. The molecule has 2 heteroatoms. The molecule has 58 heavy (non-hydrogen) atoms. The van der Waals surface area contributed by atoms with Crippen molar-refractivity contribution in [2.75, 3.05) is 0 Å². The summed E-state index contributed by atoms with van der Waals surface area (Å²) in [5.74, 6) is 0. The van der Waals surface area contributed by atoms with Crippen molar-refractivity contribution < 1.29 is 4.42 Å². The molecule has 0 unspecified atom stereocenters. The van der Waals surface area contributed by atoms with Crippen LogP contribution in [0.25, 0.3) is 129 Å². The van der Waals surface area contributed by atoms with Crippen LogP contribution in [0.1, 0.15) is 0 Å². The Morgan fingerprint density at radius 3 is 1.48 bits per heavy atom. The minimum Gasteiger partial charge on any atom is -0.455 e. The molecule has 2 heterocycles. The molecule has 0 spiro atoms. The highest BCUT2D eigenvalue weighted by Crippen LogP contribution is 2.48. The van der Waals surface area contributed by atoms with E-state index in [0.717, 1.165) is 11.2 Å². The van der Waals surface area contributed by atoms with Crippen molar-refractivity contribution in [3.8, 4) is 33.4 Å². The molecule has 268 valence electrons. The molecular formula is C56H32OS. The quantitative estimate of drug-likeness (QED) is 0.164. The Morgan fingerprint density at radius 1 is 0.310 bits per heavy atom. The minimum absolute atomic E-state index is 0.934. The first-order chi connectivity index (χ1) is 28.7. The lowest BCUT2D eigenvalue weighted by atomic mass is 9.85. The van der Waals surface area contributed by atoms with Crippen molar-refractivity contribution in [2.45, 2.75) is 0 Å². The highest BCUT2D eigenvalue weighted by atomic mass is 32.1. The molecule has 0 aliphatic carbocycles. The summed E-state index contributed by atoms with van der Waals surface area (Å²) in [5, 5.41) is 17.4. The topological polar surface area (TPSA) is 13.1 Å². The predicted octanol–water partition coefficient (Wildman–Crippen LogP) is 16.7. The number of hydrogen-bond acceptors (Lipinski definition) is 2. The molecule has 0 N–H and O–H groups in total. The average molecular weight is 753 g/mol. The summed E-state index contributed by atoms with van der Waals surface area (Å²) in [7, 11) is 0. The molecule has 0 atom stereocenters. The van der Waals surface area contributed by atoms with E-state index in [1.54, 1.807) is 0 Å². The third-order valence-corrected chi connectivity index (χ3v) is 13.5. The fourth-order valence-electron chi connectivity index (χ4n) is 9.80. The zero-order valence-electron chi connectivity index (χ0n) is 31.3. The van der Waals surface area contributed by atoms with Crippen LogP contribution in [0.15, 0.2) is 199 Å². The second-order valence-electron chi connectivity index (χ2n) is 15.5. The van der Waals surface area contributed by atoms with Crippen LogP contribution in [0.3, 0.4) is 0 Å². The van der Waals surface area contributed by atoms with Gasteiger partial charge in [-0.25, -0.2) is 0 Å². The number of fused-ring (bicyclic) bond motifs is 13. The summed E-state index contributed by atoms with van der Waals surface area (Å²) in [6, 6.07) is 71.6. The van der Waals surface area contributed by atoms with Crippen molar-refractivity contribution in [1.29, 1.82) is 0 Å². The van der Waals surface area contributed by atoms with Gasteiger partial charge >= 0.3 is 0 Å². The molecule has 0 aliphatic rings. The van der Waals surface area contributed by atoms with Gasteiger partial charge in [-0.15, -0.1) is 11.3 Å². The van der Waals surface area contributed by atoms with E-state index in [9.17, 15) is 0 Å². The van der Waals surface area contributed by atoms with Crippen molar-refractivity contribution in [3.63, 3.8) is 0 Å². The number of furan rings is 1. The summed E-state index contributed by atoms with van der Waals surface area (Å²) in [5.41, 5.74) is 9.43. The maximum atomic E-state index is 6.58. The van der Waals surface area contributed by atoms with Gasteiger partial charge in [0.05, 0.1) is 0 Å². The summed E-state index contributed by atoms with van der Waals surface area (Å²) >= 11 is 1.85. The van der Waals surface area contributed by atoms with E-state index in [1.165, 1.54) is 118 Å². The van der Waals surface area contributed by atoms with Gasteiger partial charge in [-0.05, 0) is 130 Å². The van der Waals surface area contributed by atoms with Crippen LogP contribution in [0.5, 0.6) is 0 Å². The zero-order chi connectivity index (χ0) is 37.9. The Bertz CT molecular complexity index is 3810. The third-order valence-electron chi connectivity index (χ3n) is 12.4. The number of benzene rings is 11. The standard InChI is InChI=1S/C56H32OS/c1-2-12-34-30-38(25-21-33(34)11-1)52-43-16-5-7-18-45(43)53(46-19-8-6-17-44(46)52)39-26-23-35-29-37(24-22-36(35)31-39)48-32-51-54(42-15-4-3-13-40(42)48)55-50(58-51)28-27-47-41-14-9-10-20-49(41)57-56(47)55/h1-32H. The van der Waals surface area contributed by atoms with Gasteiger partial charge in [0.25, 0.3) is 0 Å². The predicted molar refractivity (Wildman–Crippen MR) is 250 cm³/mol. The Hall–Kier alpha value is -7.26. The van der Waals surface area contributed by atoms with Gasteiger partial charge in [-0.1, -0.05) is 152 Å². The van der Waals surface area contributed by atoms with Crippen molar-refractivity contribution >= 4 is 107 Å². The lowest BCUT2D eigenvalue weighted by Gasteiger charge is -2.18. The van der Waals surface area contributed by atoms with Crippen molar-refractivity contribution in [1.82, 2.24) is 0 Å². The van der Waals surface area contributed by atoms with Crippen molar-refractivity contribution in [3.05, 3.63) is 194 Å². The van der Waals surface area contributed by atoms with E-state index in [1.807, 2.05) is 17.4 Å². The normalized spacial score (nSPS) is 12.1. The molecule has 0 aliphatic heterocycles. The second kappa shape index (κ2) is 12.1. The smallest absolute Gasteiger partial charge is 0.144 e. The molecule has 0 saturated carbocycles. The van der Waals surface area contributed by atoms with Crippen LogP contribution in [0, 0.1) is 0 Å². The van der Waals surface area contributed by atoms with E-state index < -0.39 is 0 Å². The molecular weight excluding hydrogens is 721 g/mol. The van der Waals surface area contributed by atoms with E-state index in [0.29, 0.717) is 0 Å². The van der Waals surface area contributed by atoms with Gasteiger partial charge in [0.1, 0.15) is 11.2 Å². The van der Waals surface area contributed by atoms with Crippen molar-refractivity contribution in [2.24, 2.45) is 0 Å². The van der Waals surface area contributed by atoms with Crippen LogP contribution in [-0.4, -0.2) is 0 Å². The molecule has 11 aromatic carbocycles. The second-order valence-corrected chi connectivity index (χ2v) is 16.6. The lowest BCUT2D eigenvalue weighted by Crippen LogP contribution is -1.91. The molecule has 2 aromatic heterocycles. The summed E-state index contributed by atoms with van der Waals surface area (Å²) in [6.45, 7) is 0. The van der Waals surface area contributed by atoms with Gasteiger partial charge in [0, 0.05) is 30.9 Å². The summed E-state index contributed by atoms with van der Waals surface area (Å²) < 4.78 is 9.11. The molecule has 0 saturated heterocycles. The average Bonchev–Trinajstić information content (AvgIpc) is 3.86. The number of para-hydroxylation sites is 1. The van der Waals surface area contributed by atoms with Crippen LogP contribution in [-0.2, 0) is 0 Å². The largest absolute Gasteiger partial charge is 0.455 e. The number of hydrogen-bond donors (Lipinski definition) is 0.